The van der Waals surface area contributed by atoms with Crippen LogP contribution in [0.4, 0.5) is 13.2 Å². The summed E-state index contributed by atoms with van der Waals surface area (Å²) in [5.41, 5.74) is 2.60. The second-order valence-corrected chi connectivity index (χ2v) is 4.95. The maximum atomic E-state index is 12.0. The number of nitrogens with one attached hydrogen (secondary N) is 2. The van der Waals surface area contributed by atoms with Crippen LogP contribution >= 0.6 is 0 Å². The summed E-state index contributed by atoms with van der Waals surface area (Å²) in [5.74, 6) is 0.343. The van der Waals surface area contributed by atoms with Gasteiger partial charge in [0.05, 0.1) is 0 Å². The zero-order valence-electron chi connectivity index (χ0n) is 10.8. The minimum atomic E-state index is -4.04. The van der Waals surface area contributed by atoms with Crippen LogP contribution in [-0.4, -0.2) is 25.8 Å². The van der Waals surface area contributed by atoms with E-state index in [4.69, 9.17) is 0 Å². The number of alkyl halides is 3. The molecule has 0 bridgehead atoms. The molecule has 19 heavy (non-hydrogen) atoms. The molecule has 1 heterocycles. The molecule has 5 heteroatoms. The molecule has 0 radical (unpaired) electrons. The Balaban J connectivity index is 1.75. The summed E-state index contributed by atoms with van der Waals surface area (Å²) < 4.78 is 36.0. The Hall–Kier alpha value is -1.07. The van der Waals surface area contributed by atoms with Gasteiger partial charge in [-0.3, -0.25) is 0 Å². The fourth-order valence-electron chi connectivity index (χ4n) is 2.46. The lowest BCUT2D eigenvalue weighted by Gasteiger charge is -2.26. The molecule has 106 valence electrons. The first kappa shape index (κ1) is 14.3. The molecule has 1 atom stereocenters. The normalized spacial score (nSPS) is 19.2. The predicted molar refractivity (Wildman–Crippen MR) is 69.0 cm³/mol. The third-order valence-corrected chi connectivity index (χ3v) is 3.41. The van der Waals surface area contributed by atoms with Crippen molar-refractivity contribution < 1.29 is 13.2 Å². The van der Waals surface area contributed by atoms with Crippen LogP contribution in [0.5, 0.6) is 0 Å². The molecule has 1 aliphatic heterocycles. The van der Waals surface area contributed by atoms with Crippen molar-refractivity contribution in [1.29, 1.82) is 0 Å². The van der Waals surface area contributed by atoms with Gasteiger partial charge in [0.25, 0.3) is 0 Å². The Bertz CT molecular complexity index is 404. The highest BCUT2D eigenvalue weighted by Crippen LogP contribution is 2.23. The van der Waals surface area contributed by atoms with Gasteiger partial charge in [0, 0.05) is 32.0 Å². The van der Waals surface area contributed by atoms with E-state index in [1.807, 2.05) is 12.1 Å². The van der Waals surface area contributed by atoms with E-state index in [1.165, 1.54) is 11.1 Å². The Morgan fingerprint density at radius 2 is 2.05 bits per heavy atom. The van der Waals surface area contributed by atoms with Crippen molar-refractivity contribution in [2.75, 3.05) is 19.6 Å². The zero-order valence-corrected chi connectivity index (χ0v) is 10.8. The van der Waals surface area contributed by atoms with Gasteiger partial charge in [-0.1, -0.05) is 24.3 Å². The van der Waals surface area contributed by atoms with Gasteiger partial charge in [-0.15, -0.1) is 0 Å². The Kier molecular flexibility index (Phi) is 4.82. The summed E-state index contributed by atoms with van der Waals surface area (Å²) in [4.78, 5) is 0. The third kappa shape index (κ3) is 4.51. The van der Waals surface area contributed by atoms with Crippen LogP contribution in [0.15, 0.2) is 24.3 Å². The molecule has 2 N–H and O–H groups in total. The highest BCUT2D eigenvalue weighted by Gasteiger charge is 2.26. The van der Waals surface area contributed by atoms with Crippen molar-refractivity contribution in [3.63, 3.8) is 0 Å². The minimum Gasteiger partial charge on any atom is -0.316 e. The molecule has 0 amide bonds. The summed E-state index contributed by atoms with van der Waals surface area (Å²) in [6.07, 6.45) is -4.61. The molecule has 1 unspecified atom stereocenters. The maximum absolute atomic E-state index is 12.0. The first-order chi connectivity index (χ1) is 9.06. The first-order valence-corrected chi connectivity index (χ1v) is 6.62. The number of benzene rings is 1. The number of fused-ring (bicyclic) bond motifs is 1. The van der Waals surface area contributed by atoms with Crippen LogP contribution < -0.4 is 10.6 Å². The van der Waals surface area contributed by atoms with Crippen LogP contribution in [0.2, 0.25) is 0 Å². The Morgan fingerprint density at radius 1 is 1.26 bits per heavy atom. The van der Waals surface area contributed by atoms with E-state index in [-0.39, 0.29) is 6.42 Å². The van der Waals surface area contributed by atoms with Crippen LogP contribution in [0.25, 0.3) is 0 Å². The topological polar surface area (TPSA) is 24.1 Å². The molecule has 1 aliphatic rings. The van der Waals surface area contributed by atoms with Gasteiger partial charge in [-0.05, 0) is 24.1 Å². The van der Waals surface area contributed by atoms with Gasteiger partial charge in [-0.2, -0.15) is 13.2 Å². The fourth-order valence-corrected chi connectivity index (χ4v) is 2.46. The van der Waals surface area contributed by atoms with Gasteiger partial charge in [0.2, 0.25) is 0 Å². The number of halogens is 3. The van der Waals surface area contributed by atoms with Crippen LogP contribution in [0.1, 0.15) is 29.9 Å². The summed E-state index contributed by atoms with van der Waals surface area (Å²) in [6, 6.07) is 8.23. The van der Waals surface area contributed by atoms with E-state index in [2.05, 4.69) is 22.8 Å². The average Bonchev–Trinajstić information content (AvgIpc) is 2.37. The van der Waals surface area contributed by atoms with E-state index in [9.17, 15) is 13.2 Å². The summed E-state index contributed by atoms with van der Waals surface area (Å²) in [6.45, 7) is 2.89. The van der Waals surface area contributed by atoms with Gasteiger partial charge in [-0.25, -0.2) is 0 Å². The predicted octanol–water partition coefficient (Wildman–Crippen LogP) is 2.81. The van der Waals surface area contributed by atoms with Gasteiger partial charge in [0.1, 0.15) is 0 Å². The molecular weight excluding hydrogens is 253 g/mol. The quantitative estimate of drug-likeness (QED) is 0.805. The van der Waals surface area contributed by atoms with Gasteiger partial charge >= 0.3 is 6.18 Å². The van der Waals surface area contributed by atoms with Crippen molar-refractivity contribution >= 4 is 0 Å². The molecule has 0 spiro atoms. The number of hydrogen-bond donors (Lipinski definition) is 2. The monoisotopic (exact) mass is 272 g/mol. The van der Waals surface area contributed by atoms with Crippen LogP contribution in [0, 0.1) is 0 Å². The molecule has 1 aromatic carbocycles. The van der Waals surface area contributed by atoms with E-state index in [0.29, 0.717) is 12.5 Å². The zero-order chi connectivity index (χ0) is 13.7. The lowest BCUT2D eigenvalue weighted by atomic mass is 9.91. The second kappa shape index (κ2) is 6.39. The number of hydrogen-bond acceptors (Lipinski definition) is 2. The smallest absolute Gasteiger partial charge is 0.316 e. The molecule has 1 aromatic rings. The number of rotatable bonds is 5. The standard InChI is InChI=1S/C14H19F3N2/c15-14(16,17)6-3-7-18-9-12-10-19-8-11-4-1-2-5-13(11)12/h1-2,4-5,12,18-19H,3,6-10H2. The van der Waals surface area contributed by atoms with Crippen molar-refractivity contribution in [3.8, 4) is 0 Å². The van der Waals surface area contributed by atoms with E-state index in [0.717, 1.165) is 19.6 Å². The Labute approximate surface area is 111 Å². The lowest BCUT2D eigenvalue weighted by molar-refractivity contribution is -0.135. The van der Waals surface area contributed by atoms with Crippen molar-refractivity contribution in [2.24, 2.45) is 0 Å². The summed E-state index contributed by atoms with van der Waals surface area (Å²) in [7, 11) is 0. The maximum Gasteiger partial charge on any atom is 0.389 e. The first-order valence-electron chi connectivity index (χ1n) is 6.62. The SMILES string of the molecule is FC(F)(F)CCCNCC1CNCc2ccccc21. The van der Waals surface area contributed by atoms with Crippen molar-refractivity contribution in [2.45, 2.75) is 31.5 Å². The molecule has 2 nitrogen and oxygen atoms in total. The second-order valence-electron chi connectivity index (χ2n) is 4.95. The van der Waals surface area contributed by atoms with Crippen molar-refractivity contribution in [1.82, 2.24) is 10.6 Å². The molecule has 0 aliphatic carbocycles. The molecular formula is C14H19F3N2. The fraction of sp³-hybridized carbons (Fsp3) is 0.571. The van der Waals surface area contributed by atoms with Gasteiger partial charge < -0.3 is 10.6 Å². The Morgan fingerprint density at radius 3 is 2.84 bits per heavy atom. The molecule has 0 fully saturated rings. The van der Waals surface area contributed by atoms with Crippen LogP contribution in [-0.2, 0) is 6.54 Å². The van der Waals surface area contributed by atoms with Crippen molar-refractivity contribution in [3.05, 3.63) is 35.4 Å². The molecule has 2 rings (SSSR count). The van der Waals surface area contributed by atoms with Crippen LogP contribution in [0.3, 0.4) is 0 Å². The van der Waals surface area contributed by atoms with E-state index >= 15 is 0 Å². The molecule has 0 saturated heterocycles. The molecule has 0 saturated carbocycles. The van der Waals surface area contributed by atoms with E-state index < -0.39 is 12.6 Å². The van der Waals surface area contributed by atoms with E-state index in [1.54, 1.807) is 0 Å². The minimum absolute atomic E-state index is 0.144. The van der Waals surface area contributed by atoms with Gasteiger partial charge in [0.15, 0.2) is 0 Å². The average molecular weight is 272 g/mol. The highest BCUT2D eigenvalue weighted by molar-refractivity contribution is 5.32. The summed E-state index contributed by atoms with van der Waals surface area (Å²) >= 11 is 0. The highest BCUT2D eigenvalue weighted by atomic mass is 19.4. The largest absolute Gasteiger partial charge is 0.389 e. The molecule has 0 aromatic heterocycles. The summed E-state index contributed by atoms with van der Waals surface area (Å²) in [5, 5.41) is 6.46. The third-order valence-electron chi connectivity index (χ3n) is 3.41. The lowest BCUT2D eigenvalue weighted by Crippen LogP contribution is -2.34.